The zero-order valence-corrected chi connectivity index (χ0v) is 13.0. The van der Waals surface area contributed by atoms with E-state index in [1.54, 1.807) is 6.92 Å². The summed E-state index contributed by atoms with van der Waals surface area (Å²) in [6.07, 6.45) is 0. The molecule has 0 spiro atoms. The number of rotatable bonds is 5. The van der Waals surface area contributed by atoms with Gasteiger partial charge in [-0.05, 0) is 25.5 Å². The number of hydrogen-bond acceptors (Lipinski definition) is 4. The summed E-state index contributed by atoms with van der Waals surface area (Å²) in [6.45, 7) is 7.02. The molecule has 0 heterocycles. The third-order valence-corrected chi connectivity index (χ3v) is 4.87. The molecule has 0 radical (unpaired) electrons. The van der Waals surface area contributed by atoms with Crippen LogP contribution in [0.5, 0.6) is 0 Å². The third kappa shape index (κ3) is 3.36. The largest absolute Gasteiger partial charge is 0.289 e. The molecule has 0 fully saturated rings. The van der Waals surface area contributed by atoms with E-state index in [4.69, 9.17) is 11.6 Å². The Morgan fingerprint density at radius 1 is 1.50 bits per heavy atom. The van der Waals surface area contributed by atoms with Gasteiger partial charge in [0.25, 0.3) is 5.69 Å². The van der Waals surface area contributed by atoms with Crippen LogP contribution in [-0.4, -0.2) is 31.2 Å². The van der Waals surface area contributed by atoms with Crippen LogP contribution in [0.1, 0.15) is 12.5 Å². The fraction of sp³-hybridized carbons (Fsp3) is 0.333. The van der Waals surface area contributed by atoms with Gasteiger partial charge in [0.05, 0.1) is 9.82 Å². The summed E-state index contributed by atoms with van der Waals surface area (Å²) < 4.78 is 25.9. The van der Waals surface area contributed by atoms with Crippen LogP contribution in [0.4, 0.5) is 5.69 Å². The molecule has 0 aliphatic heterocycles. The summed E-state index contributed by atoms with van der Waals surface area (Å²) >= 11 is 5.75. The van der Waals surface area contributed by atoms with Crippen molar-refractivity contribution in [3.63, 3.8) is 0 Å². The van der Waals surface area contributed by atoms with Gasteiger partial charge in [-0.2, -0.15) is 4.31 Å². The maximum absolute atomic E-state index is 12.4. The van der Waals surface area contributed by atoms with Crippen LogP contribution in [0.25, 0.3) is 0 Å². The second-order valence-electron chi connectivity index (χ2n) is 4.54. The van der Waals surface area contributed by atoms with Gasteiger partial charge in [-0.15, -0.1) is 0 Å². The fourth-order valence-electron chi connectivity index (χ4n) is 1.69. The lowest BCUT2D eigenvalue weighted by Crippen LogP contribution is -2.29. The van der Waals surface area contributed by atoms with Crippen LogP contribution in [0.2, 0.25) is 5.02 Å². The number of halogens is 1. The Kier molecular flexibility index (Phi) is 4.90. The van der Waals surface area contributed by atoms with Gasteiger partial charge < -0.3 is 0 Å². The third-order valence-electron chi connectivity index (χ3n) is 2.62. The average molecular weight is 319 g/mol. The van der Waals surface area contributed by atoms with Crippen molar-refractivity contribution in [2.24, 2.45) is 0 Å². The van der Waals surface area contributed by atoms with Crippen LogP contribution < -0.4 is 0 Å². The Morgan fingerprint density at radius 3 is 2.50 bits per heavy atom. The summed E-state index contributed by atoms with van der Waals surface area (Å²) in [6, 6.07) is 2.27. The normalized spacial score (nSPS) is 11.7. The van der Waals surface area contributed by atoms with Crippen LogP contribution in [0.3, 0.4) is 0 Å². The smallest absolute Gasteiger partial charge is 0.258 e. The minimum Gasteiger partial charge on any atom is -0.258 e. The van der Waals surface area contributed by atoms with E-state index in [0.717, 1.165) is 10.4 Å². The van der Waals surface area contributed by atoms with Gasteiger partial charge in [0.1, 0.15) is 5.02 Å². The number of hydrogen-bond donors (Lipinski definition) is 0. The SMILES string of the molecule is C=C(C)CN(C)S(=O)(=O)c1cc([N+](=O)[O-])c(Cl)cc1C. The molecule has 110 valence electrons. The highest BCUT2D eigenvalue weighted by atomic mass is 35.5. The molecule has 0 aromatic heterocycles. The minimum atomic E-state index is -3.83. The highest BCUT2D eigenvalue weighted by Crippen LogP contribution is 2.31. The number of sulfonamides is 1. The Bertz CT molecular complexity index is 670. The lowest BCUT2D eigenvalue weighted by atomic mass is 10.2. The van der Waals surface area contributed by atoms with Crippen molar-refractivity contribution in [1.29, 1.82) is 0 Å². The molecule has 20 heavy (non-hydrogen) atoms. The summed E-state index contributed by atoms with van der Waals surface area (Å²) in [4.78, 5) is 10.0. The van der Waals surface area contributed by atoms with E-state index in [1.807, 2.05) is 0 Å². The second-order valence-corrected chi connectivity index (χ2v) is 6.96. The van der Waals surface area contributed by atoms with Gasteiger partial charge in [0.2, 0.25) is 10.0 Å². The monoisotopic (exact) mass is 318 g/mol. The van der Waals surface area contributed by atoms with E-state index in [0.29, 0.717) is 11.1 Å². The number of nitrogens with zero attached hydrogens (tertiary/aromatic N) is 2. The van der Waals surface area contributed by atoms with Gasteiger partial charge >= 0.3 is 0 Å². The molecular weight excluding hydrogens is 304 g/mol. The predicted octanol–water partition coefficient (Wildman–Crippen LogP) is 2.75. The van der Waals surface area contributed by atoms with Crippen molar-refractivity contribution in [3.8, 4) is 0 Å². The van der Waals surface area contributed by atoms with Crippen molar-refractivity contribution in [3.05, 3.63) is 45.0 Å². The molecule has 1 rings (SSSR count). The van der Waals surface area contributed by atoms with Crippen molar-refractivity contribution in [1.82, 2.24) is 4.31 Å². The summed E-state index contributed by atoms with van der Waals surface area (Å²) in [5.41, 5.74) is 0.589. The van der Waals surface area contributed by atoms with Gasteiger partial charge in [-0.1, -0.05) is 23.8 Å². The highest BCUT2D eigenvalue weighted by Gasteiger charge is 2.26. The molecule has 1 aromatic carbocycles. The fourth-order valence-corrected chi connectivity index (χ4v) is 3.43. The number of nitro groups is 1. The summed E-state index contributed by atoms with van der Waals surface area (Å²) in [5, 5.41) is 10.8. The lowest BCUT2D eigenvalue weighted by molar-refractivity contribution is -0.384. The Labute approximate surface area is 122 Å². The quantitative estimate of drug-likeness (QED) is 0.475. The lowest BCUT2D eigenvalue weighted by Gasteiger charge is -2.18. The maximum Gasteiger partial charge on any atom is 0.289 e. The molecule has 0 atom stereocenters. The Balaban J connectivity index is 3.42. The summed E-state index contributed by atoms with van der Waals surface area (Å²) in [7, 11) is -2.44. The second kappa shape index (κ2) is 5.90. The molecule has 0 saturated heterocycles. The van der Waals surface area contributed by atoms with Crippen molar-refractivity contribution < 1.29 is 13.3 Å². The van der Waals surface area contributed by atoms with E-state index in [1.165, 1.54) is 20.0 Å². The topological polar surface area (TPSA) is 80.5 Å². The zero-order valence-electron chi connectivity index (χ0n) is 11.4. The molecule has 0 aliphatic carbocycles. The average Bonchev–Trinajstić information content (AvgIpc) is 2.26. The molecule has 8 heteroatoms. The molecule has 0 unspecified atom stereocenters. The molecular formula is C12H15ClN2O4S. The zero-order chi connectivity index (χ0) is 15.7. The number of nitro benzene ring substituents is 1. The van der Waals surface area contributed by atoms with E-state index in [2.05, 4.69) is 6.58 Å². The first kappa shape index (κ1) is 16.6. The van der Waals surface area contributed by atoms with E-state index in [9.17, 15) is 18.5 Å². The van der Waals surface area contributed by atoms with Gasteiger partial charge in [-0.25, -0.2) is 8.42 Å². The van der Waals surface area contributed by atoms with E-state index < -0.39 is 20.6 Å². The van der Waals surface area contributed by atoms with Gasteiger partial charge in [0.15, 0.2) is 0 Å². The molecule has 0 aliphatic rings. The highest BCUT2D eigenvalue weighted by molar-refractivity contribution is 7.89. The predicted molar refractivity (Wildman–Crippen MR) is 77.5 cm³/mol. The molecule has 0 amide bonds. The molecule has 6 nitrogen and oxygen atoms in total. The van der Waals surface area contributed by atoms with Crippen molar-refractivity contribution >= 4 is 27.3 Å². The van der Waals surface area contributed by atoms with Crippen molar-refractivity contribution in [2.75, 3.05) is 13.6 Å². The maximum atomic E-state index is 12.4. The number of likely N-dealkylation sites (N-methyl/N-ethyl adjacent to an activating group) is 1. The standard InChI is InChI=1S/C12H15ClN2O4S/c1-8(2)7-14(4)20(18,19)12-6-11(15(16)17)10(13)5-9(12)3/h5-6H,1,7H2,2-4H3. The van der Waals surface area contributed by atoms with Crippen molar-refractivity contribution in [2.45, 2.75) is 18.7 Å². The molecule has 1 aromatic rings. The van der Waals surface area contributed by atoms with Gasteiger partial charge in [0, 0.05) is 19.7 Å². The summed E-state index contributed by atoms with van der Waals surface area (Å²) in [5.74, 6) is 0. The van der Waals surface area contributed by atoms with Crippen LogP contribution in [0.15, 0.2) is 29.2 Å². The minimum absolute atomic E-state index is 0.0889. The first-order valence-corrected chi connectivity index (χ1v) is 7.44. The first-order valence-electron chi connectivity index (χ1n) is 5.62. The van der Waals surface area contributed by atoms with Crippen LogP contribution >= 0.6 is 11.6 Å². The Morgan fingerprint density at radius 2 is 2.05 bits per heavy atom. The number of aryl methyl sites for hydroxylation is 1. The molecule has 0 bridgehead atoms. The number of benzene rings is 1. The van der Waals surface area contributed by atoms with E-state index in [-0.39, 0.29) is 16.5 Å². The van der Waals surface area contributed by atoms with Gasteiger partial charge in [-0.3, -0.25) is 10.1 Å². The van der Waals surface area contributed by atoms with Crippen LogP contribution in [-0.2, 0) is 10.0 Å². The molecule has 0 N–H and O–H groups in total. The molecule has 0 saturated carbocycles. The first-order chi connectivity index (χ1) is 9.07. The van der Waals surface area contributed by atoms with Crippen LogP contribution in [0, 0.1) is 17.0 Å². The van der Waals surface area contributed by atoms with E-state index >= 15 is 0 Å². The Hall–Kier alpha value is -1.44.